The average Bonchev–Trinajstić information content (AvgIpc) is 2.98. The zero-order valence-electron chi connectivity index (χ0n) is 15.0. The Bertz CT molecular complexity index is 684. The fourth-order valence-electron chi connectivity index (χ4n) is 3.18. The number of aryl methyl sites for hydroxylation is 1. The van der Waals surface area contributed by atoms with E-state index < -0.39 is 0 Å². The highest BCUT2D eigenvalue weighted by atomic mass is 16.2. The van der Waals surface area contributed by atoms with Crippen LogP contribution in [0.1, 0.15) is 32.0 Å². The standard InChI is InChI=1S/C17H25N7O/c1-13(2)16(24-12-18-11-19-24)17(25)23-8-4-7-22(9-10-23)15-6-5-14(3)20-21-15/h5-6,11-13,16H,4,7-10H2,1-3H3/t16-/m0/s1. The van der Waals surface area contributed by atoms with E-state index in [-0.39, 0.29) is 17.9 Å². The fraction of sp³-hybridized carbons (Fsp3) is 0.588. The van der Waals surface area contributed by atoms with Gasteiger partial charge in [-0.15, -0.1) is 5.10 Å². The van der Waals surface area contributed by atoms with Crippen molar-refractivity contribution < 1.29 is 4.79 Å². The van der Waals surface area contributed by atoms with Crippen LogP contribution >= 0.6 is 0 Å². The van der Waals surface area contributed by atoms with Crippen molar-refractivity contribution in [3.05, 3.63) is 30.5 Å². The van der Waals surface area contributed by atoms with Gasteiger partial charge < -0.3 is 9.80 Å². The number of rotatable bonds is 4. The number of amides is 1. The summed E-state index contributed by atoms with van der Waals surface area (Å²) in [5.41, 5.74) is 0.906. The Balaban J connectivity index is 1.69. The van der Waals surface area contributed by atoms with Crippen LogP contribution in [0.3, 0.4) is 0 Å². The van der Waals surface area contributed by atoms with E-state index in [9.17, 15) is 4.79 Å². The van der Waals surface area contributed by atoms with Crippen LogP contribution in [0.15, 0.2) is 24.8 Å². The molecule has 2 aromatic rings. The van der Waals surface area contributed by atoms with Gasteiger partial charge in [0, 0.05) is 26.2 Å². The summed E-state index contributed by atoms with van der Waals surface area (Å²) in [4.78, 5) is 21.2. The van der Waals surface area contributed by atoms with Crippen molar-refractivity contribution >= 4 is 11.7 Å². The van der Waals surface area contributed by atoms with Crippen molar-refractivity contribution in [1.82, 2.24) is 29.9 Å². The second-order valence-corrected chi connectivity index (χ2v) is 6.76. The Morgan fingerprint density at radius 2 is 1.96 bits per heavy atom. The number of anilines is 1. The first-order valence-corrected chi connectivity index (χ1v) is 8.74. The monoisotopic (exact) mass is 343 g/mol. The molecule has 1 fully saturated rings. The minimum absolute atomic E-state index is 0.109. The summed E-state index contributed by atoms with van der Waals surface area (Å²) in [7, 11) is 0. The fourth-order valence-corrected chi connectivity index (χ4v) is 3.18. The van der Waals surface area contributed by atoms with Crippen molar-refractivity contribution in [2.75, 3.05) is 31.1 Å². The first-order chi connectivity index (χ1) is 12.1. The number of nitrogens with zero attached hydrogens (tertiary/aromatic N) is 7. The highest BCUT2D eigenvalue weighted by Gasteiger charge is 2.30. The largest absolute Gasteiger partial charge is 0.353 e. The molecule has 0 aliphatic carbocycles. The Hall–Kier alpha value is -2.51. The zero-order valence-corrected chi connectivity index (χ0v) is 15.0. The van der Waals surface area contributed by atoms with Crippen molar-refractivity contribution in [3.8, 4) is 0 Å². The van der Waals surface area contributed by atoms with Crippen LogP contribution in [-0.2, 0) is 4.79 Å². The van der Waals surface area contributed by atoms with Gasteiger partial charge in [-0.3, -0.25) is 4.79 Å². The quantitative estimate of drug-likeness (QED) is 0.833. The summed E-state index contributed by atoms with van der Waals surface area (Å²) in [5.74, 6) is 1.13. The maximum Gasteiger partial charge on any atom is 0.247 e. The van der Waals surface area contributed by atoms with E-state index in [4.69, 9.17) is 0 Å². The Labute approximate surface area is 147 Å². The van der Waals surface area contributed by atoms with Crippen molar-refractivity contribution in [1.29, 1.82) is 0 Å². The van der Waals surface area contributed by atoms with E-state index in [1.54, 1.807) is 11.0 Å². The third kappa shape index (κ3) is 3.94. The normalized spacial score (nSPS) is 16.8. The summed E-state index contributed by atoms with van der Waals surface area (Å²) in [6.45, 7) is 9.05. The number of carbonyl (C=O) groups is 1. The number of hydrogen-bond donors (Lipinski definition) is 0. The molecule has 3 heterocycles. The lowest BCUT2D eigenvalue weighted by Crippen LogP contribution is -2.41. The molecule has 0 unspecified atom stereocenters. The van der Waals surface area contributed by atoms with Gasteiger partial charge in [0.15, 0.2) is 5.82 Å². The molecule has 0 N–H and O–H groups in total. The molecule has 8 heteroatoms. The lowest BCUT2D eigenvalue weighted by Gasteiger charge is -2.28. The van der Waals surface area contributed by atoms with E-state index in [1.165, 1.54) is 6.33 Å². The molecule has 1 atom stereocenters. The third-order valence-corrected chi connectivity index (χ3v) is 4.52. The predicted molar refractivity (Wildman–Crippen MR) is 94.1 cm³/mol. The molecular weight excluding hydrogens is 318 g/mol. The number of hydrogen-bond acceptors (Lipinski definition) is 6. The topological polar surface area (TPSA) is 80.0 Å². The molecule has 3 rings (SSSR count). The van der Waals surface area contributed by atoms with Gasteiger partial charge in [-0.2, -0.15) is 10.2 Å². The highest BCUT2D eigenvalue weighted by molar-refractivity contribution is 5.80. The molecule has 0 saturated carbocycles. The van der Waals surface area contributed by atoms with Gasteiger partial charge in [0.05, 0.1) is 5.69 Å². The first-order valence-electron chi connectivity index (χ1n) is 8.74. The van der Waals surface area contributed by atoms with Gasteiger partial charge >= 0.3 is 0 Å². The Kier molecular flexibility index (Phi) is 5.25. The van der Waals surface area contributed by atoms with E-state index in [1.807, 2.05) is 37.8 Å². The molecule has 1 aliphatic rings. The highest BCUT2D eigenvalue weighted by Crippen LogP contribution is 2.21. The van der Waals surface area contributed by atoms with Gasteiger partial charge in [-0.05, 0) is 31.4 Å². The second kappa shape index (κ2) is 7.58. The molecule has 1 aliphatic heterocycles. The lowest BCUT2D eigenvalue weighted by molar-refractivity contribution is -0.136. The molecule has 2 aromatic heterocycles. The van der Waals surface area contributed by atoms with Crippen LogP contribution in [0.4, 0.5) is 5.82 Å². The second-order valence-electron chi connectivity index (χ2n) is 6.76. The van der Waals surface area contributed by atoms with Crippen LogP contribution < -0.4 is 4.90 Å². The van der Waals surface area contributed by atoms with Crippen LogP contribution in [0.5, 0.6) is 0 Å². The van der Waals surface area contributed by atoms with Gasteiger partial charge in [-0.25, -0.2) is 9.67 Å². The van der Waals surface area contributed by atoms with E-state index in [2.05, 4.69) is 25.2 Å². The number of carbonyl (C=O) groups excluding carboxylic acids is 1. The van der Waals surface area contributed by atoms with Gasteiger partial charge in [0.25, 0.3) is 0 Å². The van der Waals surface area contributed by atoms with E-state index >= 15 is 0 Å². The average molecular weight is 343 g/mol. The molecule has 0 radical (unpaired) electrons. The maximum atomic E-state index is 13.1. The van der Waals surface area contributed by atoms with Crippen molar-refractivity contribution in [2.24, 2.45) is 5.92 Å². The third-order valence-electron chi connectivity index (χ3n) is 4.52. The summed E-state index contributed by atoms with van der Waals surface area (Å²) < 4.78 is 1.67. The maximum absolute atomic E-state index is 13.1. The molecule has 0 bridgehead atoms. The predicted octanol–water partition coefficient (Wildman–Crippen LogP) is 1.31. The molecule has 8 nitrogen and oxygen atoms in total. The molecule has 0 aromatic carbocycles. The van der Waals surface area contributed by atoms with Crippen LogP contribution in [0.25, 0.3) is 0 Å². The Morgan fingerprint density at radius 3 is 2.60 bits per heavy atom. The van der Waals surface area contributed by atoms with Crippen molar-refractivity contribution in [2.45, 2.75) is 33.2 Å². The summed E-state index contributed by atoms with van der Waals surface area (Å²) >= 11 is 0. The summed E-state index contributed by atoms with van der Waals surface area (Å²) in [5, 5.41) is 12.6. The van der Waals surface area contributed by atoms with Crippen molar-refractivity contribution in [3.63, 3.8) is 0 Å². The molecule has 1 saturated heterocycles. The SMILES string of the molecule is Cc1ccc(N2CCCN(C(=O)[C@H](C(C)C)n3cncn3)CC2)nn1. The number of aromatic nitrogens is 5. The Morgan fingerprint density at radius 1 is 1.12 bits per heavy atom. The van der Waals surface area contributed by atoms with E-state index in [0.29, 0.717) is 6.54 Å². The van der Waals surface area contributed by atoms with E-state index in [0.717, 1.165) is 37.6 Å². The van der Waals surface area contributed by atoms with Gasteiger partial charge in [-0.1, -0.05) is 13.8 Å². The summed E-state index contributed by atoms with van der Waals surface area (Å²) in [6, 6.07) is 3.65. The molecule has 134 valence electrons. The minimum Gasteiger partial charge on any atom is -0.353 e. The van der Waals surface area contributed by atoms with Crippen LogP contribution in [0.2, 0.25) is 0 Å². The van der Waals surface area contributed by atoms with Crippen LogP contribution in [-0.4, -0.2) is 61.9 Å². The summed E-state index contributed by atoms with van der Waals surface area (Å²) in [6.07, 6.45) is 4.00. The smallest absolute Gasteiger partial charge is 0.247 e. The lowest BCUT2D eigenvalue weighted by atomic mass is 10.0. The minimum atomic E-state index is -0.312. The van der Waals surface area contributed by atoms with Gasteiger partial charge in [0.2, 0.25) is 5.91 Å². The van der Waals surface area contributed by atoms with Crippen LogP contribution in [0, 0.1) is 12.8 Å². The molecule has 1 amide bonds. The first kappa shape index (κ1) is 17.3. The molecule has 25 heavy (non-hydrogen) atoms. The zero-order chi connectivity index (χ0) is 17.8. The molecule has 0 spiro atoms. The molecular formula is C17H25N7O. The van der Waals surface area contributed by atoms with Gasteiger partial charge in [0.1, 0.15) is 18.7 Å².